The first kappa shape index (κ1) is 16.3. The topological polar surface area (TPSA) is 75.8 Å². The minimum absolute atomic E-state index is 0.105. The highest BCUT2D eigenvalue weighted by atomic mass is 16.5. The van der Waals surface area contributed by atoms with Crippen LogP contribution >= 0.6 is 0 Å². The summed E-state index contributed by atoms with van der Waals surface area (Å²) in [5, 5.41) is 9.31. The van der Waals surface area contributed by atoms with Crippen LogP contribution in [0.2, 0.25) is 0 Å². The van der Waals surface area contributed by atoms with Gasteiger partial charge in [-0.2, -0.15) is 0 Å². The van der Waals surface area contributed by atoms with Crippen molar-refractivity contribution in [1.82, 2.24) is 0 Å². The molecular weight excluding hydrogens is 304 g/mol. The number of ether oxygens (including phenoxy) is 1. The summed E-state index contributed by atoms with van der Waals surface area (Å²) < 4.78 is 5.94. The molecule has 0 aliphatic carbocycles. The molecule has 1 aliphatic rings. The zero-order chi connectivity index (χ0) is 17.3. The van der Waals surface area contributed by atoms with Crippen LogP contribution < -0.4 is 15.4 Å². The second-order valence-corrected chi connectivity index (χ2v) is 6.18. The van der Waals surface area contributed by atoms with Gasteiger partial charge in [0.15, 0.2) is 6.10 Å². The number of anilines is 2. The van der Waals surface area contributed by atoms with Gasteiger partial charge in [-0.1, -0.05) is 23.8 Å². The third-order valence-corrected chi connectivity index (χ3v) is 4.31. The zero-order valence-electron chi connectivity index (χ0n) is 14.0. The van der Waals surface area contributed by atoms with Crippen molar-refractivity contribution < 1.29 is 14.6 Å². The molecule has 1 atom stereocenters. The van der Waals surface area contributed by atoms with Crippen molar-refractivity contribution in [2.45, 2.75) is 26.4 Å². The number of fused-ring (bicyclic) bond motifs is 1. The van der Waals surface area contributed by atoms with Crippen molar-refractivity contribution in [2.75, 3.05) is 23.8 Å². The lowest BCUT2D eigenvalue weighted by molar-refractivity contribution is -0.126. The Morgan fingerprint density at radius 1 is 1.21 bits per heavy atom. The Bertz CT molecular complexity index is 773. The molecule has 0 saturated carbocycles. The Labute approximate surface area is 141 Å². The molecule has 0 aromatic heterocycles. The molecule has 1 unspecified atom stereocenters. The van der Waals surface area contributed by atoms with E-state index in [1.54, 1.807) is 23.1 Å². The fourth-order valence-corrected chi connectivity index (χ4v) is 3.08. The van der Waals surface area contributed by atoms with Crippen LogP contribution in [0, 0.1) is 13.8 Å². The number of aryl methyl sites for hydroxylation is 2. The quantitative estimate of drug-likeness (QED) is 0.845. The number of carbonyl (C=O) groups excluding carboxylic acids is 1. The molecule has 2 aromatic carbocycles. The Balaban J connectivity index is 1.93. The van der Waals surface area contributed by atoms with Gasteiger partial charge >= 0.3 is 0 Å². The van der Waals surface area contributed by atoms with Crippen LogP contribution in [0.4, 0.5) is 11.4 Å². The van der Waals surface area contributed by atoms with E-state index in [-0.39, 0.29) is 19.1 Å². The Hall–Kier alpha value is -2.53. The molecule has 0 fully saturated rings. The van der Waals surface area contributed by atoms with Crippen molar-refractivity contribution >= 4 is 17.3 Å². The smallest absolute Gasteiger partial charge is 0.268 e. The predicted molar refractivity (Wildman–Crippen MR) is 94.3 cm³/mol. The van der Waals surface area contributed by atoms with Crippen molar-refractivity contribution in [1.29, 1.82) is 0 Å². The lowest BCUT2D eigenvalue weighted by Gasteiger charge is -2.34. The first-order valence-corrected chi connectivity index (χ1v) is 8.04. The molecule has 3 rings (SSSR count). The van der Waals surface area contributed by atoms with Crippen molar-refractivity contribution in [3.05, 3.63) is 53.1 Å². The van der Waals surface area contributed by atoms with E-state index in [0.717, 1.165) is 11.1 Å². The van der Waals surface area contributed by atoms with E-state index < -0.39 is 6.10 Å². The van der Waals surface area contributed by atoms with Crippen LogP contribution in [0.5, 0.6) is 5.75 Å². The van der Waals surface area contributed by atoms with Gasteiger partial charge in [0, 0.05) is 24.7 Å². The Morgan fingerprint density at radius 3 is 2.71 bits per heavy atom. The second kappa shape index (κ2) is 6.53. The average Bonchev–Trinajstić information content (AvgIpc) is 2.53. The highest BCUT2D eigenvalue weighted by molar-refractivity contribution is 6.00. The van der Waals surface area contributed by atoms with E-state index in [4.69, 9.17) is 10.5 Å². The third-order valence-electron chi connectivity index (χ3n) is 4.31. The molecule has 3 N–H and O–H groups in total. The molecule has 1 heterocycles. The zero-order valence-corrected chi connectivity index (χ0v) is 14.0. The molecule has 0 spiro atoms. The third kappa shape index (κ3) is 3.08. The van der Waals surface area contributed by atoms with Crippen LogP contribution in [0.25, 0.3) is 0 Å². The molecule has 5 nitrogen and oxygen atoms in total. The fourth-order valence-electron chi connectivity index (χ4n) is 3.08. The van der Waals surface area contributed by atoms with Crippen LogP contribution in [0.15, 0.2) is 36.4 Å². The van der Waals surface area contributed by atoms with Crippen LogP contribution in [0.1, 0.15) is 16.7 Å². The number of benzene rings is 2. The minimum Gasteiger partial charge on any atom is -0.478 e. The molecule has 1 aliphatic heterocycles. The maximum absolute atomic E-state index is 12.8. The first-order valence-electron chi connectivity index (χ1n) is 8.04. The van der Waals surface area contributed by atoms with Gasteiger partial charge in [0.25, 0.3) is 5.91 Å². The summed E-state index contributed by atoms with van der Waals surface area (Å²) in [6.45, 7) is 4.21. The summed E-state index contributed by atoms with van der Waals surface area (Å²) in [5.41, 5.74) is 10.5. The lowest BCUT2D eigenvalue weighted by Crippen LogP contribution is -2.48. The van der Waals surface area contributed by atoms with Gasteiger partial charge in [-0.05, 0) is 37.1 Å². The van der Waals surface area contributed by atoms with E-state index in [2.05, 4.69) is 6.07 Å². The maximum atomic E-state index is 12.8. The Kier molecular flexibility index (Phi) is 4.44. The fraction of sp³-hybridized carbons (Fsp3) is 0.316. The number of hydrogen-bond donors (Lipinski definition) is 2. The molecular formula is C19H22N2O3. The highest BCUT2D eigenvalue weighted by Crippen LogP contribution is 2.36. The van der Waals surface area contributed by atoms with Gasteiger partial charge < -0.3 is 20.5 Å². The van der Waals surface area contributed by atoms with Gasteiger partial charge in [0.05, 0.1) is 12.3 Å². The highest BCUT2D eigenvalue weighted by Gasteiger charge is 2.34. The van der Waals surface area contributed by atoms with Crippen LogP contribution in [-0.2, 0) is 11.2 Å². The lowest BCUT2D eigenvalue weighted by atomic mass is 9.99. The van der Waals surface area contributed by atoms with Gasteiger partial charge in [-0.25, -0.2) is 0 Å². The standard InChI is InChI=1S/C19H22N2O3/c1-12-3-4-14(13(2)9-12)10-18-19(23)21(7-8-22)16-6-5-15(20)11-17(16)24-18/h3-6,9,11,18,22H,7-8,10,20H2,1-2H3. The summed E-state index contributed by atoms with van der Waals surface area (Å²) >= 11 is 0. The number of β-amino-alcohol motifs (C(OH)–C–C–N with tert-alkyl or cyclic N) is 1. The van der Waals surface area contributed by atoms with E-state index in [9.17, 15) is 9.90 Å². The first-order chi connectivity index (χ1) is 11.5. The van der Waals surface area contributed by atoms with Crippen molar-refractivity contribution in [3.63, 3.8) is 0 Å². The number of nitrogens with two attached hydrogens (primary N) is 1. The molecule has 24 heavy (non-hydrogen) atoms. The van der Waals surface area contributed by atoms with Crippen molar-refractivity contribution in [2.24, 2.45) is 0 Å². The van der Waals surface area contributed by atoms with Gasteiger partial charge in [0.2, 0.25) is 0 Å². The number of nitrogen functional groups attached to an aromatic ring is 1. The number of rotatable bonds is 4. The average molecular weight is 326 g/mol. The Morgan fingerprint density at radius 2 is 2.00 bits per heavy atom. The number of carbonyl (C=O) groups is 1. The van der Waals surface area contributed by atoms with Gasteiger partial charge in [-0.15, -0.1) is 0 Å². The summed E-state index contributed by atoms with van der Waals surface area (Å²) in [6.07, 6.45) is -0.131. The van der Waals surface area contributed by atoms with Crippen LogP contribution in [0.3, 0.4) is 0 Å². The van der Waals surface area contributed by atoms with E-state index in [1.807, 2.05) is 26.0 Å². The molecule has 0 radical (unpaired) electrons. The molecule has 5 heteroatoms. The largest absolute Gasteiger partial charge is 0.478 e. The molecule has 0 bridgehead atoms. The number of hydrogen-bond acceptors (Lipinski definition) is 4. The minimum atomic E-state index is -0.618. The van der Waals surface area contributed by atoms with Crippen molar-refractivity contribution in [3.8, 4) is 5.75 Å². The summed E-state index contributed by atoms with van der Waals surface area (Å²) in [7, 11) is 0. The molecule has 0 saturated heterocycles. The summed E-state index contributed by atoms with van der Waals surface area (Å²) in [6, 6.07) is 11.4. The number of nitrogens with zero attached hydrogens (tertiary/aromatic N) is 1. The summed E-state index contributed by atoms with van der Waals surface area (Å²) in [4.78, 5) is 14.4. The molecule has 2 aromatic rings. The van der Waals surface area contributed by atoms with E-state index in [0.29, 0.717) is 23.5 Å². The predicted octanol–water partition coefficient (Wildman–Crippen LogP) is 2.21. The second-order valence-electron chi connectivity index (χ2n) is 6.18. The number of aliphatic hydroxyl groups excluding tert-OH is 1. The van der Waals surface area contributed by atoms with E-state index >= 15 is 0 Å². The normalized spacial score (nSPS) is 16.7. The SMILES string of the molecule is Cc1ccc(CC2Oc3cc(N)ccc3N(CCO)C2=O)c(C)c1. The van der Waals surface area contributed by atoms with Gasteiger partial charge in [-0.3, -0.25) is 4.79 Å². The van der Waals surface area contributed by atoms with Gasteiger partial charge in [0.1, 0.15) is 5.75 Å². The molecule has 126 valence electrons. The number of aliphatic hydroxyl groups is 1. The maximum Gasteiger partial charge on any atom is 0.268 e. The van der Waals surface area contributed by atoms with E-state index in [1.165, 1.54) is 5.56 Å². The van der Waals surface area contributed by atoms with Crippen LogP contribution in [-0.4, -0.2) is 30.3 Å². The number of amides is 1. The summed E-state index contributed by atoms with van der Waals surface area (Å²) in [5.74, 6) is 0.444. The molecule has 1 amide bonds. The monoisotopic (exact) mass is 326 g/mol.